The topological polar surface area (TPSA) is 66.0 Å². The lowest BCUT2D eigenvalue weighted by Crippen LogP contribution is -2.18. The second-order valence-corrected chi connectivity index (χ2v) is 4.87. The second kappa shape index (κ2) is 6.22. The summed E-state index contributed by atoms with van der Waals surface area (Å²) >= 11 is 3.37. The Morgan fingerprint density at radius 2 is 2.00 bits per heavy atom. The maximum Gasteiger partial charge on any atom is 0.261 e. The van der Waals surface area contributed by atoms with Gasteiger partial charge in [-0.05, 0) is 24.3 Å². The Labute approximate surface area is 124 Å². The van der Waals surface area contributed by atoms with Crippen LogP contribution in [0.15, 0.2) is 50.9 Å². The zero-order valence-electron chi connectivity index (χ0n) is 10.7. The van der Waals surface area contributed by atoms with Crippen LogP contribution in [0.2, 0.25) is 0 Å². The van der Waals surface area contributed by atoms with Gasteiger partial charge in [-0.2, -0.15) is 5.26 Å². The molecule has 0 aliphatic rings. The molecule has 2 aromatic rings. The molecule has 5 heteroatoms. The minimum absolute atomic E-state index is 0.00389. The fraction of sp³-hybridized carbons (Fsp3) is 0.0667. The largest absolute Gasteiger partial charge is 0.457 e. The van der Waals surface area contributed by atoms with E-state index in [4.69, 9.17) is 9.68 Å². The van der Waals surface area contributed by atoms with E-state index in [-0.39, 0.29) is 5.57 Å². The van der Waals surface area contributed by atoms with Crippen LogP contribution in [-0.4, -0.2) is 13.0 Å². The molecule has 100 valence electrons. The summed E-state index contributed by atoms with van der Waals surface area (Å²) in [6.07, 6.45) is 1.42. The van der Waals surface area contributed by atoms with Crippen LogP contribution in [0.3, 0.4) is 0 Å². The highest BCUT2D eigenvalue weighted by Crippen LogP contribution is 2.24. The van der Waals surface area contributed by atoms with E-state index in [0.717, 1.165) is 10.0 Å². The van der Waals surface area contributed by atoms with Crippen LogP contribution in [0.25, 0.3) is 17.4 Å². The number of nitriles is 1. The number of likely N-dealkylation sites (N-methyl/N-ethyl adjacent to an activating group) is 1. The van der Waals surface area contributed by atoms with Gasteiger partial charge in [-0.1, -0.05) is 28.1 Å². The molecule has 0 saturated carbocycles. The lowest BCUT2D eigenvalue weighted by molar-refractivity contribution is -0.116. The standard InChI is InChI=1S/C15H11BrN2O2/c1-18-15(19)11(9-17)8-13-6-7-14(20-13)10-2-4-12(16)5-3-10/h2-8H,1H3,(H,18,19). The summed E-state index contributed by atoms with van der Waals surface area (Å²) in [5.74, 6) is 0.704. The summed E-state index contributed by atoms with van der Waals surface area (Å²) < 4.78 is 6.60. The molecule has 1 heterocycles. The highest BCUT2D eigenvalue weighted by atomic mass is 79.9. The van der Waals surface area contributed by atoms with Gasteiger partial charge >= 0.3 is 0 Å². The predicted octanol–water partition coefficient (Wildman–Crippen LogP) is 3.36. The zero-order valence-corrected chi connectivity index (χ0v) is 12.3. The Hall–Kier alpha value is -2.32. The van der Waals surface area contributed by atoms with E-state index < -0.39 is 5.91 Å². The van der Waals surface area contributed by atoms with Crippen molar-refractivity contribution in [3.63, 3.8) is 0 Å². The normalized spacial score (nSPS) is 10.9. The molecule has 1 amide bonds. The molecule has 0 saturated heterocycles. The van der Waals surface area contributed by atoms with Crippen molar-refractivity contribution in [3.8, 4) is 17.4 Å². The summed E-state index contributed by atoms with van der Waals surface area (Å²) in [6.45, 7) is 0. The van der Waals surface area contributed by atoms with Crippen LogP contribution < -0.4 is 5.32 Å². The number of furan rings is 1. The maximum absolute atomic E-state index is 11.4. The number of hydrogen-bond acceptors (Lipinski definition) is 3. The van der Waals surface area contributed by atoms with Crippen molar-refractivity contribution >= 4 is 27.9 Å². The summed E-state index contributed by atoms with van der Waals surface area (Å²) in [5.41, 5.74) is 0.926. The minimum Gasteiger partial charge on any atom is -0.457 e. The van der Waals surface area contributed by atoms with E-state index in [2.05, 4.69) is 21.2 Å². The molecule has 0 bridgehead atoms. The fourth-order valence-electron chi connectivity index (χ4n) is 1.63. The van der Waals surface area contributed by atoms with Crippen LogP contribution >= 0.6 is 15.9 Å². The van der Waals surface area contributed by atoms with Gasteiger partial charge in [0.05, 0.1) is 0 Å². The maximum atomic E-state index is 11.4. The van der Waals surface area contributed by atoms with Crippen molar-refractivity contribution in [1.29, 1.82) is 5.26 Å². The Kier molecular flexibility index (Phi) is 4.38. The summed E-state index contributed by atoms with van der Waals surface area (Å²) in [7, 11) is 1.48. The molecule has 1 aromatic carbocycles. The molecule has 4 nitrogen and oxygen atoms in total. The number of rotatable bonds is 3. The molecule has 0 unspecified atom stereocenters. The van der Waals surface area contributed by atoms with Gasteiger partial charge in [-0.3, -0.25) is 4.79 Å². The van der Waals surface area contributed by atoms with Crippen molar-refractivity contribution in [2.45, 2.75) is 0 Å². The SMILES string of the molecule is CNC(=O)C(C#N)=Cc1ccc(-c2ccc(Br)cc2)o1. The molecule has 1 aromatic heterocycles. The van der Waals surface area contributed by atoms with E-state index in [9.17, 15) is 4.79 Å². The molecule has 0 spiro atoms. The number of benzene rings is 1. The first kappa shape index (κ1) is 14.1. The molecular weight excluding hydrogens is 320 g/mol. The minimum atomic E-state index is -0.436. The van der Waals surface area contributed by atoms with Gasteiger partial charge in [0.15, 0.2) is 0 Å². The number of amides is 1. The van der Waals surface area contributed by atoms with Crippen molar-refractivity contribution in [2.24, 2.45) is 0 Å². The van der Waals surface area contributed by atoms with Gasteiger partial charge in [0.2, 0.25) is 0 Å². The fourth-order valence-corrected chi connectivity index (χ4v) is 1.89. The number of nitrogens with zero attached hydrogens (tertiary/aromatic N) is 1. The zero-order chi connectivity index (χ0) is 14.5. The van der Waals surface area contributed by atoms with Gasteiger partial charge in [0.1, 0.15) is 23.2 Å². The predicted molar refractivity (Wildman–Crippen MR) is 79.5 cm³/mol. The van der Waals surface area contributed by atoms with Crippen molar-refractivity contribution in [1.82, 2.24) is 5.32 Å². The van der Waals surface area contributed by atoms with Crippen LogP contribution in [0.5, 0.6) is 0 Å². The third kappa shape index (κ3) is 3.16. The van der Waals surface area contributed by atoms with E-state index in [1.54, 1.807) is 12.1 Å². The first-order chi connectivity index (χ1) is 9.63. The summed E-state index contributed by atoms with van der Waals surface area (Å²) in [4.78, 5) is 11.4. The summed E-state index contributed by atoms with van der Waals surface area (Å²) in [6, 6.07) is 13.0. The van der Waals surface area contributed by atoms with E-state index in [1.165, 1.54) is 13.1 Å². The number of halogens is 1. The third-order valence-electron chi connectivity index (χ3n) is 2.63. The average molecular weight is 331 g/mol. The van der Waals surface area contributed by atoms with Gasteiger partial charge in [-0.25, -0.2) is 0 Å². The monoisotopic (exact) mass is 330 g/mol. The Morgan fingerprint density at radius 1 is 1.30 bits per heavy atom. The Morgan fingerprint density at radius 3 is 2.60 bits per heavy atom. The van der Waals surface area contributed by atoms with Crippen LogP contribution in [-0.2, 0) is 4.79 Å². The number of carbonyl (C=O) groups is 1. The van der Waals surface area contributed by atoms with Crippen molar-refractivity contribution in [2.75, 3.05) is 7.05 Å². The molecule has 2 rings (SSSR count). The molecule has 0 aliphatic heterocycles. The number of hydrogen-bond donors (Lipinski definition) is 1. The quantitative estimate of drug-likeness (QED) is 0.693. The number of carbonyl (C=O) groups excluding carboxylic acids is 1. The third-order valence-corrected chi connectivity index (χ3v) is 3.16. The van der Waals surface area contributed by atoms with Gasteiger partial charge < -0.3 is 9.73 Å². The van der Waals surface area contributed by atoms with Crippen molar-refractivity contribution < 1.29 is 9.21 Å². The van der Waals surface area contributed by atoms with Crippen LogP contribution in [0, 0.1) is 11.3 Å². The molecule has 0 radical (unpaired) electrons. The number of nitrogens with one attached hydrogen (secondary N) is 1. The Bertz CT molecular complexity index is 693. The van der Waals surface area contributed by atoms with Gasteiger partial charge in [0.25, 0.3) is 5.91 Å². The lowest BCUT2D eigenvalue weighted by Gasteiger charge is -1.97. The highest BCUT2D eigenvalue weighted by molar-refractivity contribution is 9.10. The van der Waals surface area contributed by atoms with E-state index >= 15 is 0 Å². The molecule has 1 N–H and O–H groups in total. The molecule has 20 heavy (non-hydrogen) atoms. The smallest absolute Gasteiger partial charge is 0.261 e. The first-order valence-electron chi connectivity index (χ1n) is 5.83. The second-order valence-electron chi connectivity index (χ2n) is 3.96. The summed E-state index contributed by atoms with van der Waals surface area (Å²) in [5, 5.41) is 11.3. The first-order valence-corrected chi connectivity index (χ1v) is 6.63. The molecular formula is C15H11BrN2O2. The van der Waals surface area contributed by atoms with Crippen LogP contribution in [0.1, 0.15) is 5.76 Å². The Balaban J connectivity index is 2.29. The van der Waals surface area contributed by atoms with Gasteiger partial charge in [0, 0.05) is 23.2 Å². The van der Waals surface area contributed by atoms with Crippen molar-refractivity contribution in [3.05, 3.63) is 52.2 Å². The highest BCUT2D eigenvalue weighted by Gasteiger charge is 2.09. The van der Waals surface area contributed by atoms with Crippen LogP contribution in [0.4, 0.5) is 0 Å². The molecule has 0 atom stereocenters. The molecule has 0 aliphatic carbocycles. The van der Waals surface area contributed by atoms with E-state index in [0.29, 0.717) is 11.5 Å². The lowest BCUT2D eigenvalue weighted by atomic mass is 10.2. The van der Waals surface area contributed by atoms with Gasteiger partial charge in [-0.15, -0.1) is 0 Å². The molecule has 0 fully saturated rings. The van der Waals surface area contributed by atoms with E-state index in [1.807, 2.05) is 30.3 Å². The average Bonchev–Trinajstić information content (AvgIpc) is 2.93.